The van der Waals surface area contributed by atoms with E-state index in [-0.39, 0.29) is 0 Å². The number of rotatable bonds is 2. The molecule has 0 spiro atoms. The van der Waals surface area contributed by atoms with Crippen molar-refractivity contribution in [3.63, 3.8) is 0 Å². The fraction of sp³-hybridized carbons (Fsp3) is 0.250. The van der Waals surface area contributed by atoms with Crippen LogP contribution in [0.3, 0.4) is 0 Å². The smallest absolute Gasteiger partial charge is 0.201 e. The number of nitrogen functional groups attached to an aromatic ring is 1. The van der Waals surface area contributed by atoms with Crippen LogP contribution >= 0.6 is 11.3 Å². The second kappa shape index (κ2) is 3.63. The molecule has 2 N–H and O–H groups in total. The maximum absolute atomic E-state index is 6.02. The second-order valence-electron chi connectivity index (χ2n) is 4.05. The van der Waals surface area contributed by atoms with Gasteiger partial charge in [-0.2, -0.15) is 0 Å². The molecule has 0 saturated heterocycles. The number of aromatic nitrogens is 2. The van der Waals surface area contributed by atoms with Crippen molar-refractivity contribution in [1.29, 1.82) is 0 Å². The Morgan fingerprint density at radius 3 is 3.00 bits per heavy atom. The Bertz CT molecular complexity index is 677. The number of anilines is 1. The third kappa shape index (κ3) is 1.46. The van der Waals surface area contributed by atoms with Crippen LogP contribution in [0, 0.1) is 0 Å². The van der Waals surface area contributed by atoms with Gasteiger partial charge in [0.05, 0.1) is 5.69 Å². The van der Waals surface area contributed by atoms with E-state index in [9.17, 15) is 0 Å². The molecule has 0 saturated carbocycles. The summed E-state index contributed by atoms with van der Waals surface area (Å²) in [7, 11) is 1.99. The molecule has 4 nitrogen and oxygen atoms in total. The van der Waals surface area contributed by atoms with Gasteiger partial charge >= 0.3 is 0 Å². The number of aryl methyl sites for hydroxylation is 2. The van der Waals surface area contributed by atoms with Crippen LogP contribution in [0.15, 0.2) is 23.0 Å². The zero-order chi connectivity index (χ0) is 12.0. The minimum absolute atomic E-state index is 0.728. The van der Waals surface area contributed by atoms with E-state index in [2.05, 4.69) is 12.1 Å². The Morgan fingerprint density at radius 2 is 2.35 bits per heavy atom. The minimum atomic E-state index is 0.728. The molecule has 0 aliphatic heterocycles. The molecular weight excluding hydrogens is 234 g/mol. The zero-order valence-electron chi connectivity index (χ0n) is 9.73. The molecule has 0 amide bonds. The van der Waals surface area contributed by atoms with Gasteiger partial charge in [-0.15, -0.1) is 11.3 Å². The summed E-state index contributed by atoms with van der Waals surface area (Å²) in [5.41, 5.74) is 9.43. The molecule has 0 atom stereocenters. The summed E-state index contributed by atoms with van der Waals surface area (Å²) >= 11 is 1.67. The van der Waals surface area contributed by atoms with Gasteiger partial charge in [-0.1, -0.05) is 12.1 Å². The maximum atomic E-state index is 6.02. The van der Waals surface area contributed by atoms with Crippen LogP contribution in [-0.2, 0) is 13.5 Å². The van der Waals surface area contributed by atoms with Crippen LogP contribution in [0.1, 0.15) is 11.8 Å². The first-order valence-electron chi connectivity index (χ1n) is 5.49. The first kappa shape index (κ1) is 10.4. The Morgan fingerprint density at radius 1 is 1.53 bits per heavy atom. The second-order valence-corrected chi connectivity index (χ2v) is 5.15. The third-order valence-corrected chi connectivity index (χ3v) is 4.18. The molecule has 3 heterocycles. The van der Waals surface area contributed by atoms with Crippen molar-refractivity contribution in [2.24, 2.45) is 7.05 Å². The van der Waals surface area contributed by atoms with E-state index in [0.29, 0.717) is 0 Å². The summed E-state index contributed by atoms with van der Waals surface area (Å²) in [6, 6.07) is 2.03. The van der Waals surface area contributed by atoms with Gasteiger partial charge in [-0.05, 0) is 12.5 Å². The standard InChI is InChI=1S/C12H13N3OS/c1-3-8-9(13)11-12(17-8)10(14-16-11)7-4-5-15(2)6-7/h4-6H,3,13H2,1-2H3. The van der Waals surface area contributed by atoms with Crippen molar-refractivity contribution in [2.45, 2.75) is 13.3 Å². The highest BCUT2D eigenvalue weighted by molar-refractivity contribution is 7.20. The van der Waals surface area contributed by atoms with Crippen LogP contribution in [0.25, 0.3) is 21.5 Å². The molecule has 17 heavy (non-hydrogen) atoms. The van der Waals surface area contributed by atoms with Crippen LogP contribution in [0.4, 0.5) is 5.69 Å². The molecule has 0 aromatic carbocycles. The molecule has 0 bridgehead atoms. The van der Waals surface area contributed by atoms with E-state index in [1.165, 1.54) is 4.88 Å². The van der Waals surface area contributed by atoms with E-state index in [1.54, 1.807) is 11.3 Å². The highest BCUT2D eigenvalue weighted by Gasteiger charge is 2.18. The van der Waals surface area contributed by atoms with E-state index in [4.69, 9.17) is 10.3 Å². The Balaban J connectivity index is 2.24. The van der Waals surface area contributed by atoms with E-state index >= 15 is 0 Å². The van der Waals surface area contributed by atoms with Gasteiger partial charge in [-0.25, -0.2) is 0 Å². The Hall–Kier alpha value is -1.75. The molecular formula is C12H13N3OS. The predicted molar refractivity (Wildman–Crippen MR) is 70.1 cm³/mol. The van der Waals surface area contributed by atoms with Gasteiger partial charge in [-0.3, -0.25) is 0 Å². The number of thiophene rings is 1. The molecule has 0 aliphatic rings. The molecule has 88 valence electrons. The van der Waals surface area contributed by atoms with Crippen LogP contribution in [-0.4, -0.2) is 9.72 Å². The van der Waals surface area contributed by atoms with Crippen LogP contribution < -0.4 is 5.73 Å². The van der Waals surface area contributed by atoms with E-state index in [0.717, 1.165) is 33.6 Å². The number of hydrogen-bond donors (Lipinski definition) is 1. The molecule has 0 fully saturated rings. The zero-order valence-corrected chi connectivity index (χ0v) is 10.5. The summed E-state index contributed by atoms with van der Waals surface area (Å²) in [5, 5.41) is 4.12. The highest BCUT2D eigenvalue weighted by Crippen LogP contribution is 2.39. The predicted octanol–water partition coefficient (Wildman–Crippen LogP) is 3.04. The first-order chi connectivity index (χ1) is 8.20. The van der Waals surface area contributed by atoms with Crippen LogP contribution in [0.5, 0.6) is 0 Å². The normalized spacial score (nSPS) is 11.4. The van der Waals surface area contributed by atoms with Crippen molar-refractivity contribution in [2.75, 3.05) is 5.73 Å². The fourth-order valence-electron chi connectivity index (χ4n) is 1.94. The van der Waals surface area contributed by atoms with Crippen molar-refractivity contribution in [1.82, 2.24) is 9.72 Å². The van der Waals surface area contributed by atoms with Crippen LogP contribution in [0.2, 0.25) is 0 Å². The molecule has 3 rings (SSSR count). The van der Waals surface area contributed by atoms with Gasteiger partial charge < -0.3 is 14.8 Å². The summed E-state index contributed by atoms with van der Waals surface area (Å²) in [6.07, 6.45) is 4.95. The Labute approximate surface area is 103 Å². The lowest BCUT2D eigenvalue weighted by Gasteiger charge is -1.90. The fourth-order valence-corrected chi connectivity index (χ4v) is 3.03. The molecule has 3 aromatic rings. The largest absolute Gasteiger partial charge is 0.395 e. The summed E-state index contributed by atoms with van der Waals surface area (Å²) < 4.78 is 8.39. The van der Waals surface area contributed by atoms with Gasteiger partial charge in [0.15, 0.2) is 0 Å². The number of hydrogen-bond acceptors (Lipinski definition) is 4. The summed E-state index contributed by atoms with van der Waals surface area (Å²) in [4.78, 5) is 1.17. The van der Waals surface area contributed by atoms with E-state index in [1.807, 2.05) is 30.1 Å². The molecule has 3 aromatic heterocycles. The lowest BCUT2D eigenvalue weighted by Crippen LogP contribution is -1.85. The minimum Gasteiger partial charge on any atom is -0.395 e. The molecule has 0 radical (unpaired) electrons. The lowest BCUT2D eigenvalue weighted by molar-refractivity contribution is 0.460. The SMILES string of the molecule is CCc1sc2c(-c3ccn(C)c3)noc2c1N. The van der Waals surface area contributed by atoms with Crippen molar-refractivity contribution < 1.29 is 4.52 Å². The lowest BCUT2D eigenvalue weighted by atomic mass is 10.2. The van der Waals surface area contributed by atoms with Crippen molar-refractivity contribution in [3.8, 4) is 11.3 Å². The summed E-state index contributed by atoms with van der Waals surface area (Å²) in [5.74, 6) is 0. The first-order valence-corrected chi connectivity index (χ1v) is 6.31. The average molecular weight is 247 g/mol. The monoisotopic (exact) mass is 247 g/mol. The number of fused-ring (bicyclic) bond motifs is 1. The van der Waals surface area contributed by atoms with Gasteiger partial charge in [0.1, 0.15) is 10.4 Å². The van der Waals surface area contributed by atoms with Gasteiger partial charge in [0.2, 0.25) is 5.58 Å². The summed E-state index contributed by atoms with van der Waals surface area (Å²) in [6.45, 7) is 2.09. The molecule has 0 aliphatic carbocycles. The van der Waals surface area contributed by atoms with Gasteiger partial charge in [0, 0.05) is 29.9 Å². The van der Waals surface area contributed by atoms with Crippen molar-refractivity contribution >= 4 is 27.3 Å². The average Bonchev–Trinajstić information content (AvgIpc) is 2.96. The number of nitrogens with two attached hydrogens (primary N) is 1. The van der Waals surface area contributed by atoms with Gasteiger partial charge in [0.25, 0.3) is 0 Å². The molecule has 0 unspecified atom stereocenters. The Kier molecular flexibility index (Phi) is 2.22. The maximum Gasteiger partial charge on any atom is 0.201 e. The number of nitrogens with zero attached hydrogens (tertiary/aromatic N) is 2. The highest BCUT2D eigenvalue weighted by atomic mass is 32.1. The van der Waals surface area contributed by atoms with E-state index < -0.39 is 0 Å². The molecule has 5 heteroatoms. The topological polar surface area (TPSA) is 57.0 Å². The quantitative estimate of drug-likeness (QED) is 0.757. The van der Waals surface area contributed by atoms with Crippen molar-refractivity contribution in [3.05, 3.63) is 23.3 Å². The third-order valence-electron chi connectivity index (χ3n) is 2.85.